The van der Waals surface area contributed by atoms with Crippen molar-refractivity contribution in [1.29, 1.82) is 0 Å². The van der Waals surface area contributed by atoms with E-state index in [0.29, 0.717) is 0 Å². The smallest absolute Gasteiger partial charge is 0.128 e. The van der Waals surface area contributed by atoms with Crippen molar-refractivity contribution in [3.63, 3.8) is 0 Å². The van der Waals surface area contributed by atoms with E-state index in [4.69, 9.17) is 4.74 Å². The topological polar surface area (TPSA) is 21.3 Å². The van der Waals surface area contributed by atoms with Gasteiger partial charge < -0.3 is 10.1 Å². The predicted octanol–water partition coefficient (Wildman–Crippen LogP) is 5.26. The van der Waals surface area contributed by atoms with Gasteiger partial charge in [-0.15, -0.1) is 0 Å². The van der Waals surface area contributed by atoms with Crippen LogP contribution in [0, 0.1) is 0 Å². The lowest BCUT2D eigenvalue weighted by atomic mass is 10.2. The molecule has 2 nitrogen and oxygen atoms in total. The van der Waals surface area contributed by atoms with Crippen LogP contribution in [0.2, 0.25) is 0 Å². The minimum Gasteiger partial charge on any atom is -0.457 e. The number of benzene rings is 2. The molecule has 0 aliphatic heterocycles. The zero-order chi connectivity index (χ0) is 13.9. The molecule has 0 heterocycles. The van der Waals surface area contributed by atoms with Gasteiger partial charge in [-0.05, 0) is 54.8 Å². The van der Waals surface area contributed by atoms with Crippen LogP contribution < -0.4 is 10.1 Å². The third-order valence-electron chi connectivity index (χ3n) is 3.23. The number of halogens is 2. The van der Waals surface area contributed by atoms with E-state index in [2.05, 4.69) is 43.2 Å². The standard InChI is InChI=1S/C16H15Br2NO/c17-12-2-7-14(8-3-12)20-15-6-1-11(16(18)9-15)10-19-13-4-5-13/h1-3,6-9,13,19H,4-5,10H2. The second-order valence-electron chi connectivity index (χ2n) is 4.96. The van der Waals surface area contributed by atoms with Gasteiger partial charge in [-0.1, -0.05) is 37.9 Å². The highest BCUT2D eigenvalue weighted by molar-refractivity contribution is 9.10. The first-order valence-electron chi connectivity index (χ1n) is 6.66. The SMILES string of the molecule is Brc1ccc(Oc2ccc(CNC3CC3)c(Br)c2)cc1. The van der Waals surface area contributed by atoms with Gasteiger partial charge in [0.1, 0.15) is 11.5 Å². The lowest BCUT2D eigenvalue weighted by Crippen LogP contribution is -2.15. The number of nitrogens with one attached hydrogen (secondary N) is 1. The van der Waals surface area contributed by atoms with Crippen molar-refractivity contribution in [3.8, 4) is 11.5 Å². The van der Waals surface area contributed by atoms with Crippen molar-refractivity contribution in [2.24, 2.45) is 0 Å². The van der Waals surface area contributed by atoms with Crippen LogP contribution >= 0.6 is 31.9 Å². The van der Waals surface area contributed by atoms with Gasteiger partial charge in [0, 0.05) is 21.5 Å². The van der Waals surface area contributed by atoms with Gasteiger partial charge in [-0.2, -0.15) is 0 Å². The molecular weight excluding hydrogens is 382 g/mol. The van der Waals surface area contributed by atoms with E-state index in [1.54, 1.807) is 0 Å². The summed E-state index contributed by atoms with van der Waals surface area (Å²) in [5.74, 6) is 1.68. The van der Waals surface area contributed by atoms with Gasteiger partial charge in [0.2, 0.25) is 0 Å². The van der Waals surface area contributed by atoms with Gasteiger partial charge in [0.25, 0.3) is 0 Å². The number of ether oxygens (including phenoxy) is 1. The molecule has 20 heavy (non-hydrogen) atoms. The molecule has 4 heteroatoms. The fourth-order valence-electron chi connectivity index (χ4n) is 1.92. The van der Waals surface area contributed by atoms with E-state index in [-0.39, 0.29) is 0 Å². The highest BCUT2D eigenvalue weighted by Gasteiger charge is 2.20. The van der Waals surface area contributed by atoms with E-state index in [1.165, 1.54) is 18.4 Å². The monoisotopic (exact) mass is 395 g/mol. The van der Waals surface area contributed by atoms with Crippen LogP contribution in [0.1, 0.15) is 18.4 Å². The first kappa shape index (κ1) is 14.1. The van der Waals surface area contributed by atoms with E-state index in [9.17, 15) is 0 Å². The Labute approximate surface area is 135 Å². The lowest BCUT2D eigenvalue weighted by Gasteiger charge is -2.10. The van der Waals surface area contributed by atoms with Crippen LogP contribution in [0.4, 0.5) is 0 Å². The van der Waals surface area contributed by atoms with Crippen molar-refractivity contribution in [2.75, 3.05) is 0 Å². The van der Waals surface area contributed by atoms with Gasteiger partial charge in [-0.3, -0.25) is 0 Å². The van der Waals surface area contributed by atoms with Crippen LogP contribution in [0.25, 0.3) is 0 Å². The molecule has 104 valence electrons. The first-order chi connectivity index (χ1) is 9.70. The van der Waals surface area contributed by atoms with Gasteiger partial charge in [-0.25, -0.2) is 0 Å². The molecule has 0 atom stereocenters. The summed E-state index contributed by atoms with van der Waals surface area (Å²) in [5.41, 5.74) is 1.26. The minimum atomic E-state index is 0.723. The molecule has 0 spiro atoms. The molecule has 1 aliphatic carbocycles. The van der Waals surface area contributed by atoms with E-state index >= 15 is 0 Å². The molecule has 0 aromatic heterocycles. The fourth-order valence-corrected chi connectivity index (χ4v) is 2.68. The fraction of sp³-hybridized carbons (Fsp3) is 0.250. The molecule has 1 N–H and O–H groups in total. The van der Waals surface area contributed by atoms with Crippen molar-refractivity contribution < 1.29 is 4.74 Å². The van der Waals surface area contributed by atoms with Crippen LogP contribution in [0.5, 0.6) is 11.5 Å². The molecular formula is C16H15Br2NO. The number of hydrogen-bond acceptors (Lipinski definition) is 2. The van der Waals surface area contributed by atoms with Crippen molar-refractivity contribution in [2.45, 2.75) is 25.4 Å². The molecule has 0 amide bonds. The molecule has 3 rings (SSSR count). The summed E-state index contributed by atoms with van der Waals surface area (Å²) in [6.07, 6.45) is 2.62. The Morgan fingerprint density at radius 1 is 1.00 bits per heavy atom. The van der Waals surface area contributed by atoms with Crippen LogP contribution in [-0.2, 0) is 6.54 Å². The van der Waals surface area contributed by atoms with Crippen molar-refractivity contribution >= 4 is 31.9 Å². The van der Waals surface area contributed by atoms with Crippen LogP contribution in [0.3, 0.4) is 0 Å². The maximum absolute atomic E-state index is 5.84. The largest absolute Gasteiger partial charge is 0.457 e. The van der Waals surface area contributed by atoms with E-state index < -0.39 is 0 Å². The first-order valence-corrected chi connectivity index (χ1v) is 8.24. The summed E-state index contributed by atoms with van der Waals surface area (Å²) < 4.78 is 7.97. The summed E-state index contributed by atoms with van der Waals surface area (Å²) in [4.78, 5) is 0. The summed E-state index contributed by atoms with van der Waals surface area (Å²) in [7, 11) is 0. The Bertz CT molecular complexity index is 594. The quantitative estimate of drug-likeness (QED) is 0.744. The van der Waals surface area contributed by atoms with Gasteiger partial charge in [0.05, 0.1) is 0 Å². The molecule has 0 saturated heterocycles. The van der Waals surface area contributed by atoms with Crippen LogP contribution in [0.15, 0.2) is 51.4 Å². The molecule has 0 bridgehead atoms. The highest BCUT2D eigenvalue weighted by Crippen LogP contribution is 2.28. The Morgan fingerprint density at radius 3 is 2.35 bits per heavy atom. The third-order valence-corrected chi connectivity index (χ3v) is 4.50. The lowest BCUT2D eigenvalue weighted by molar-refractivity contribution is 0.482. The van der Waals surface area contributed by atoms with Crippen molar-refractivity contribution in [1.82, 2.24) is 5.32 Å². The summed E-state index contributed by atoms with van der Waals surface area (Å²) in [6, 6.07) is 14.7. The Balaban J connectivity index is 1.67. The predicted molar refractivity (Wildman–Crippen MR) is 88.2 cm³/mol. The summed E-state index contributed by atoms with van der Waals surface area (Å²) in [5, 5.41) is 3.51. The van der Waals surface area contributed by atoms with Gasteiger partial charge >= 0.3 is 0 Å². The zero-order valence-corrected chi connectivity index (χ0v) is 14.1. The highest BCUT2D eigenvalue weighted by atomic mass is 79.9. The minimum absolute atomic E-state index is 0.723. The van der Waals surface area contributed by atoms with E-state index in [0.717, 1.165) is 33.0 Å². The molecule has 1 saturated carbocycles. The normalized spacial score (nSPS) is 14.3. The molecule has 0 unspecified atom stereocenters. The number of rotatable bonds is 5. The van der Waals surface area contributed by atoms with Gasteiger partial charge in [0.15, 0.2) is 0 Å². The summed E-state index contributed by atoms with van der Waals surface area (Å²) >= 11 is 7.03. The average Bonchev–Trinajstić information content (AvgIpc) is 3.25. The van der Waals surface area contributed by atoms with E-state index in [1.807, 2.05) is 36.4 Å². The molecule has 1 aliphatic rings. The average molecular weight is 397 g/mol. The third kappa shape index (κ3) is 3.84. The Kier molecular flexibility index (Phi) is 4.44. The molecule has 2 aromatic carbocycles. The number of hydrogen-bond donors (Lipinski definition) is 1. The van der Waals surface area contributed by atoms with Crippen LogP contribution in [-0.4, -0.2) is 6.04 Å². The molecule has 2 aromatic rings. The second-order valence-corrected chi connectivity index (χ2v) is 6.73. The maximum atomic E-state index is 5.84. The summed E-state index contributed by atoms with van der Waals surface area (Å²) in [6.45, 7) is 0.907. The maximum Gasteiger partial charge on any atom is 0.128 e. The van der Waals surface area contributed by atoms with Crippen molar-refractivity contribution in [3.05, 3.63) is 57.0 Å². The Morgan fingerprint density at radius 2 is 1.70 bits per heavy atom. The second kappa shape index (κ2) is 6.29. The molecule has 1 fully saturated rings. The molecule has 0 radical (unpaired) electrons. The zero-order valence-electron chi connectivity index (χ0n) is 10.9. The Hall–Kier alpha value is -0.840.